The molecule has 0 aromatic heterocycles. The zero-order valence-electron chi connectivity index (χ0n) is 10.8. The number of rotatable bonds is 7. The molecule has 0 aliphatic carbocycles. The van der Waals surface area contributed by atoms with Gasteiger partial charge in [-0.15, -0.1) is 0 Å². The van der Waals surface area contributed by atoms with Crippen molar-refractivity contribution >= 4 is 31.9 Å². The van der Waals surface area contributed by atoms with Gasteiger partial charge < -0.3 is 10.2 Å². The van der Waals surface area contributed by atoms with Crippen LogP contribution < -0.4 is 4.72 Å². The van der Waals surface area contributed by atoms with Crippen molar-refractivity contribution in [3.8, 4) is 0 Å². The lowest BCUT2D eigenvalue weighted by Gasteiger charge is -2.14. The van der Waals surface area contributed by atoms with Gasteiger partial charge in [-0.3, -0.25) is 0 Å². The number of aliphatic hydroxyl groups is 1. The molecular weight excluding hydrogens is 350 g/mol. The number of carboxylic acids is 1. The van der Waals surface area contributed by atoms with Crippen LogP contribution in [0.25, 0.3) is 0 Å². The highest BCUT2D eigenvalue weighted by Gasteiger charge is 2.21. The summed E-state index contributed by atoms with van der Waals surface area (Å²) in [6, 6.07) is 3.41. The van der Waals surface area contributed by atoms with E-state index in [0.29, 0.717) is 12.8 Å². The third-order valence-corrected chi connectivity index (χ3v) is 5.19. The highest BCUT2D eigenvalue weighted by Crippen LogP contribution is 2.23. The normalized spacial score (nSPS) is 13.2. The van der Waals surface area contributed by atoms with Crippen molar-refractivity contribution in [3.05, 3.63) is 28.2 Å². The Labute approximate surface area is 126 Å². The molecule has 0 radical (unpaired) electrons. The first kappa shape index (κ1) is 17.1. The van der Waals surface area contributed by atoms with Crippen molar-refractivity contribution in [2.45, 2.75) is 30.7 Å². The molecule has 1 atom stereocenters. The van der Waals surface area contributed by atoms with E-state index < -0.39 is 16.0 Å². The van der Waals surface area contributed by atoms with E-state index in [2.05, 4.69) is 20.7 Å². The summed E-state index contributed by atoms with van der Waals surface area (Å²) in [5, 5.41) is 17.6. The Morgan fingerprint density at radius 1 is 1.45 bits per heavy atom. The van der Waals surface area contributed by atoms with Gasteiger partial charge in [0.15, 0.2) is 0 Å². The molecule has 0 amide bonds. The maximum absolute atomic E-state index is 12.2. The van der Waals surface area contributed by atoms with Crippen molar-refractivity contribution in [2.75, 3.05) is 6.61 Å². The highest BCUT2D eigenvalue weighted by molar-refractivity contribution is 9.10. The largest absolute Gasteiger partial charge is 0.478 e. The minimum Gasteiger partial charge on any atom is -0.478 e. The molecule has 0 saturated carbocycles. The summed E-state index contributed by atoms with van der Waals surface area (Å²) in [5.74, 6) is -1.13. The van der Waals surface area contributed by atoms with Gasteiger partial charge in [0.05, 0.1) is 10.5 Å². The number of halogens is 1. The van der Waals surface area contributed by atoms with Gasteiger partial charge >= 0.3 is 5.97 Å². The van der Waals surface area contributed by atoms with Crippen LogP contribution >= 0.6 is 15.9 Å². The Morgan fingerprint density at radius 3 is 2.60 bits per heavy atom. The Hall–Kier alpha value is -0.960. The number of carbonyl (C=O) groups is 1. The van der Waals surface area contributed by atoms with Crippen LogP contribution in [0.5, 0.6) is 0 Å². The zero-order chi connectivity index (χ0) is 15.3. The van der Waals surface area contributed by atoms with Crippen LogP contribution in [-0.4, -0.2) is 37.2 Å². The molecule has 3 N–H and O–H groups in total. The summed E-state index contributed by atoms with van der Waals surface area (Å²) in [4.78, 5) is 10.8. The molecule has 1 aromatic rings. The summed E-state index contributed by atoms with van der Waals surface area (Å²) >= 11 is 3.07. The Kier molecular flexibility index (Phi) is 6.12. The van der Waals surface area contributed by atoms with Crippen LogP contribution in [0, 0.1) is 0 Å². The molecule has 0 aliphatic heterocycles. The SMILES string of the molecule is CC(CCCO)NS(=O)(=O)c1ccc(C(=O)O)cc1Br. The van der Waals surface area contributed by atoms with Crippen LogP contribution in [-0.2, 0) is 10.0 Å². The molecular formula is C12H16BrNO5S. The number of benzene rings is 1. The molecule has 112 valence electrons. The van der Waals surface area contributed by atoms with Crippen LogP contribution in [0.2, 0.25) is 0 Å². The van der Waals surface area contributed by atoms with Crippen molar-refractivity contribution in [2.24, 2.45) is 0 Å². The summed E-state index contributed by atoms with van der Waals surface area (Å²) in [6.07, 6.45) is 1.02. The minimum absolute atomic E-state index is 0.00305. The molecule has 6 nitrogen and oxygen atoms in total. The zero-order valence-corrected chi connectivity index (χ0v) is 13.2. The number of nitrogens with one attached hydrogen (secondary N) is 1. The molecule has 1 aromatic carbocycles. The molecule has 0 aliphatic rings. The fourth-order valence-electron chi connectivity index (χ4n) is 1.64. The number of hydrogen-bond acceptors (Lipinski definition) is 4. The molecule has 0 saturated heterocycles. The second kappa shape index (κ2) is 7.16. The van der Waals surface area contributed by atoms with Gasteiger partial charge in [0, 0.05) is 17.1 Å². The van der Waals surface area contributed by atoms with Gasteiger partial charge in [-0.25, -0.2) is 17.9 Å². The summed E-state index contributed by atoms with van der Waals surface area (Å²) in [5.41, 5.74) is 0.00385. The maximum atomic E-state index is 12.2. The second-order valence-electron chi connectivity index (χ2n) is 4.34. The van der Waals surface area contributed by atoms with Crippen LogP contribution in [0.4, 0.5) is 0 Å². The molecule has 0 bridgehead atoms. The number of aromatic carboxylic acids is 1. The number of sulfonamides is 1. The first-order valence-corrected chi connectivity index (χ1v) is 8.21. The third kappa shape index (κ3) is 4.55. The van der Waals surface area contributed by atoms with Gasteiger partial charge in [0.2, 0.25) is 10.0 Å². The smallest absolute Gasteiger partial charge is 0.335 e. The predicted molar refractivity (Wildman–Crippen MR) is 77.2 cm³/mol. The van der Waals surface area contributed by atoms with Crippen molar-refractivity contribution in [1.82, 2.24) is 4.72 Å². The Bertz CT molecular complexity index is 588. The average Bonchev–Trinajstić information content (AvgIpc) is 2.35. The molecule has 0 spiro atoms. The summed E-state index contributed by atoms with van der Waals surface area (Å²) in [7, 11) is -3.73. The van der Waals surface area contributed by atoms with Gasteiger partial charge in [0.1, 0.15) is 0 Å². The lowest BCUT2D eigenvalue weighted by Crippen LogP contribution is -2.33. The number of carboxylic acid groups (broad SMARTS) is 1. The minimum atomic E-state index is -3.73. The monoisotopic (exact) mass is 365 g/mol. The van der Waals surface area contributed by atoms with Gasteiger partial charge in [0.25, 0.3) is 0 Å². The lowest BCUT2D eigenvalue weighted by molar-refractivity contribution is 0.0696. The predicted octanol–water partition coefficient (Wildman–Crippen LogP) is 1.59. The first-order valence-electron chi connectivity index (χ1n) is 5.94. The van der Waals surface area contributed by atoms with Crippen LogP contribution in [0.1, 0.15) is 30.1 Å². The number of aliphatic hydroxyl groups excluding tert-OH is 1. The fourth-order valence-corrected chi connectivity index (χ4v) is 3.99. The van der Waals surface area contributed by atoms with E-state index in [-0.39, 0.29) is 27.6 Å². The Morgan fingerprint density at radius 2 is 2.10 bits per heavy atom. The standard InChI is InChI=1S/C12H16BrNO5S/c1-8(3-2-6-15)14-20(18,19)11-5-4-9(12(16)17)7-10(11)13/h4-5,7-8,14-15H,2-3,6H2,1H3,(H,16,17). The number of hydrogen-bond donors (Lipinski definition) is 3. The van der Waals surface area contributed by atoms with E-state index in [1.165, 1.54) is 18.2 Å². The van der Waals surface area contributed by atoms with Crippen LogP contribution in [0.15, 0.2) is 27.6 Å². The van der Waals surface area contributed by atoms with Gasteiger partial charge in [-0.1, -0.05) is 0 Å². The van der Waals surface area contributed by atoms with E-state index >= 15 is 0 Å². The van der Waals surface area contributed by atoms with E-state index in [0.717, 1.165) is 0 Å². The third-order valence-electron chi connectivity index (χ3n) is 2.62. The molecule has 0 heterocycles. The first-order chi connectivity index (χ1) is 9.27. The lowest BCUT2D eigenvalue weighted by atomic mass is 10.2. The summed E-state index contributed by atoms with van der Waals surface area (Å²) < 4.78 is 27.0. The molecule has 20 heavy (non-hydrogen) atoms. The van der Waals surface area contributed by atoms with E-state index in [1.54, 1.807) is 6.92 Å². The topological polar surface area (TPSA) is 104 Å². The Balaban J connectivity index is 2.95. The highest BCUT2D eigenvalue weighted by atomic mass is 79.9. The maximum Gasteiger partial charge on any atom is 0.335 e. The van der Waals surface area contributed by atoms with Crippen LogP contribution in [0.3, 0.4) is 0 Å². The van der Waals surface area contributed by atoms with Crippen molar-refractivity contribution < 1.29 is 23.4 Å². The van der Waals surface area contributed by atoms with Crippen molar-refractivity contribution in [3.63, 3.8) is 0 Å². The quantitative estimate of drug-likeness (QED) is 0.680. The van der Waals surface area contributed by atoms with E-state index in [9.17, 15) is 13.2 Å². The molecule has 1 rings (SSSR count). The summed E-state index contributed by atoms with van der Waals surface area (Å²) in [6.45, 7) is 1.70. The molecule has 8 heteroatoms. The fraction of sp³-hybridized carbons (Fsp3) is 0.417. The average molecular weight is 366 g/mol. The van der Waals surface area contributed by atoms with E-state index in [4.69, 9.17) is 10.2 Å². The molecule has 0 fully saturated rings. The van der Waals surface area contributed by atoms with E-state index in [1.807, 2.05) is 0 Å². The van der Waals surface area contributed by atoms with Gasteiger partial charge in [-0.05, 0) is 53.9 Å². The second-order valence-corrected chi connectivity index (χ2v) is 6.88. The van der Waals surface area contributed by atoms with Gasteiger partial charge in [-0.2, -0.15) is 0 Å². The van der Waals surface area contributed by atoms with Crippen molar-refractivity contribution in [1.29, 1.82) is 0 Å². The molecule has 1 unspecified atom stereocenters.